The maximum Gasteiger partial charge on any atom is 0.226 e. The number of carbonyl (C=O) groups is 4. The maximum atomic E-state index is 11.9. The number of Topliss-reactive ketones (excluding diaryl/α,β-unsaturated/α-hetero) is 2. The van der Waals surface area contributed by atoms with Crippen molar-refractivity contribution < 1.29 is 19.2 Å². The molecule has 2 aliphatic rings. The zero-order chi connectivity index (χ0) is 14.9. The van der Waals surface area contributed by atoms with Gasteiger partial charge in [-0.25, -0.2) is 0 Å². The van der Waals surface area contributed by atoms with Crippen LogP contribution in [0.3, 0.4) is 0 Å². The van der Waals surface area contributed by atoms with Crippen LogP contribution in [0, 0.1) is 23.2 Å². The molecule has 0 bridgehead atoms. The molecule has 0 atom stereocenters. The normalized spacial score (nSPS) is 28.4. The highest BCUT2D eigenvalue weighted by Gasteiger charge is 2.38. The lowest BCUT2D eigenvalue weighted by Crippen LogP contribution is -2.42. The minimum atomic E-state index is -0.953. The van der Waals surface area contributed by atoms with Crippen molar-refractivity contribution in [1.29, 1.82) is 5.41 Å². The summed E-state index contributed by atoms with van der Waals surface area (Å²) in [6.07, 6.45) is 1.14. The molecule has 6 heteroatoms. The van der Waals surface area contributed by atoms with Crippen molar-refractivity contribution in [1.82, 2.24) is 5.32 Å². The summed E-state index contributed by atoms with van der Waals surface area (Å²) in [5.41, 5.74) is 0.0550. The molecule has 2 amide bonds. The van der Waals surface area contributed by atoms with Crippen LogP contribution in [0.5, 0.6) is 0 Å². The summed E-state index contributed by atoms with van der Waals surface area (Å²) in [6.45, 7) is 1.85. The van der Waals surface area contributed by atoms with Gasteiger partial charge in [0.1, 0.15) is 17.5 Å². The topological polar surface area (TPSA) is 104 Å². The Morgan fingerprint density at radius 3 is 2.05 bits per heavy atom. The van der Waals surface area contributed by atoms with Gasteiger partial charge in [0.15, 0.2) is 0 Å². The second-order valence-corrected chi connectivity index (χ2v) is 5.85. The molecule has 20 heavy (non-hydrogen) atoms. The Balaban J connectivity index is 2.01. The standard InChI is InChI=1S/C14H18N2O4/c1-7-2-10(17)14(11(18)3-7)9(15)4-8-5-12(19)16-13(20)6-8/h7-8,14-15H,2-6H2,1H3,(H,16,19,20). The van der Waals surface area contributed by atoms with Crippen molar-refractivity contribution in [2.75, 3.05) is 0 Å². The summed E-state index contributed by atoms with van der Waals surface area (Å²) in [5, 5.41) is 10.2. The average Bonchev–Trinajstić information content (AvgIpc) is 2.25. The Morgan fingerprint density at radius 2 is 1.55 bits per heavy atom. The van der Waals surface area contributed by atoms with Gasteiger partial charge in [-0.2, -0.15) is 0 Å². The molecule has 2 N–H and O–H groups in total. The van der Waals surface area contributed by atoms with Gasteiger partial charge in [-0.15, -0.1) is 0 Å². The van der Waals surface area contributed by atoms with Gasteiger partial charge in [0, 0.05) is 31.4 Å². The third-order valence-electron chi connectivity index (χ3n) is 3.83. The highest BCUT2D eigenvalue weighted by molar-refractivity contribution is 6.21. The molecule has 108 valence electrons. The van der Waals surface area contributed by atoms with Gasteiger partial charge in [-0.05, 0) is 18.3 Å². The molecule has 0 aromatic rings. The maximum absolute atomic E-state index is 11.9. The van der Waals surface area contributed by atoms with E-state index < -0.39 is 5.92 Å². The zero-order valence-electron chi connectivity index (χ0n) is 11.4. The summed E-state index contributed by atoms with van der Waals surface area (Å²) in [5.74, 6) is -2.30. The smallest absolute Gasteiger partial charge is 0.226 e. The van der Waals surface area contributed by atoms with Gasteiger partial charge in [0.2, 0.25) is 11.8 Å². The van der Waals surface area contributed by atoms with Gasteiger partial charge in [0.05, 0.1) is 0 Å². The summed E-state index contributed by atoms with van der Waals surface area (Å²) in [4.78, 5) is 46.4. The SMILES string of the molecule is CC1CC(=O)C(C(=N)CC2CC(=O)NC(=O)C2)C(=O)C1. The third kappa shape index (κ3) is 3.18. The van der Waals surface area contributed by atoms with Crippen LogP contribution in [-0.4, -0.2) is 29.1 Å². The summed E-state index contributed by atoms with van der Waals surface area (Å²) < 4.78 is 0. The number of hydrogen-bond acceptors (Lipinski definition) is 5. The molecule has 0 unspecified atom stereocenters. The van der Waals surface area contributed by atoms with Gasteiger partial charge in [0.25, 0.3) is 0 Å². The first kappa shape index (κ1) is 14.6. The highest BCUT2D eigenvalue weighted by Crippen LogP contribution is 2.27. The van der Waals surface area contributed by atoms with E-state index in [4.69, 9.17) is 5.41 Å². The van der Waals surface area contributed by atoms with E-state index in [0.717, 1.165) is 0 Å². The number of imide groups is 1. The van der Waals surface area contributed by atoms with E-state index in [-0.39, 0.29) is 60.2 Å². The second-order valence-electron chi connectivity index (χ2n) is 5.85. The molecule has 0 aromatic carbocycles. The predicted molar refractivity (Wildman–Crippen MR) is 70.1 cm³/mol. The summed E-state index contributed by atoms with van der Waals surface area (Å²) in [7, 11) is 0. The largest absolute Gasteiger partial charge is 0.308 e. The van der Waals surface area contributed by atoms with Crippen molar-refractivity contribution in [3.8, 4) is 0 Å². The Morgan fingerprint density at radius 1 is 1.05 bits per heavy atom. The monoisotopic (exact) mass is 278 g/mol. The van der Waals surface area contributed by atoms with Crippen molar-refractivity contribution in [3.63, 3.8) is 0 Å². The molecule has 1 saturated heterocycles. The molecule has 1 aliphatic carbocycles. The van der Waals surface area contributed by atoms with Gasteiger partial charge < -0.3 is 5.41 Å². The van der Waals surface area contributed by atoms with Crippen LogP contribution in [0.4, 0.5) is 0 Å². The predicted octanol–water partition coefficient (Wildman–Crippen LogP) is 0.633. The van der Waals surface area contributed by atoms with Crippen LogP contribution in [-0.2, 0) is 19.2 Å². The van der Waals surface area contributed by atoms with Gasteiger partial charge >= 0.3 is 0 Å². The van der Waals surface area contributed by atoms with E-state index in [9.17, 15) is 19.2 Å². The van der Waals surface area contributed by atoms with E-state index in [1.165, 1.54) is 0 Å². The summed E-state index contributed by atoms with van der Waals surface area (Å²) in [6, 6.07) is 0. The molecule has 0 aromatic heterocycles. The van der Waals surface area contributed by atoms with Crippen LogP contribution in [0.1, 0.15) is 39.0 Å². The van der Waals surface area contributed by atoms with Crippen LogP contribution in [0.25, 0.3) is 0 Å². The molecule has 1 heterocycles. The van der Waals surface area contributed by atoms with E-state index in [1.807, 2.05) is 6.92 Å². The molecule has 1 saturated carbocycles. The molecule has 1 aliphatic heterocycles. The fraction of sp³-hybridized carbons (Fsp3) is 0.643. The van der Waals surface area contributed by atoms with E-state index in [2.05, 4.69) is 5.32 Å². The number of amides is 2. The van der Waals surface area contributed by atoms with Gasteiger partial charge in [-0.1, -0.05) is 6.92 Å². The molecule has 0 spiro atoms. The van der Waals surface area contributed by atoms with Crippen LogP contribution < -0.4 is 5.32 Å². The lowest BCUT2D eigenvalue weighted by Gasteiger charge is -2.27. The lowest BCUT2D eigenvalue weighted by atomic mass is 9.76. The second kappa shape index (κ2) is 5.64. The summed E-state index contributed by atoms with van der Waals surface area (Å²) >= 11 is 0. The van der Waals surface area contributed by atoms with E-state index >= 15 is 0 Å². The fourth-order valence-corrected chi connectivity index (χ4v) is 2.99. The number of ketones is 2. The lowest BCUT2D eigenvalue weighted by molar-refractivity contribution is -0.135. The fourth-order valence-electron chi connectivity index (χ4n) is 2.99. The third-order valence-corrected chi connectivity index (χ3v) is 3.83. The van der Waals surface area contributed by atoms with Crippen molar-refractivity contribution >= 4 is 29.1 Å². The van der Waals surface area contributed by atoms with E-state index in [1.54, 1.807) is 0 Å². The number of hydrogen-bond donors (Lipinski definition) is 2. The first-order valence-electron chi connectivity index (χ1n) is 6.82. The Hall–Kier alpha value is -1.85. The van der Waals surface area contributed by atoms with Crippen LogP contribution >= 0.6 is 0 Å². The minimum absolute atomic E-state index is 0.0427. The van der Waals surface area contributed by atoms with Crippen molar-refractivity contribution in [2.45, 2.75) is 39.0 Å². The first-order chi connectivity index (χ1) is 9.36. The molecule has 2 fully saturated rings. The first-order valence-corrected chi connectivity index (χ1v) is 6.82. The van der Waals surface area contributed by atoms with Gasteiger partial charge in [-0.3, -0.25) is 24.5 Å². The number of nitrogens with one attached hydrogen (secondary N) is 2. The zero-order valence-corrected chi connectivity index (χ0v) is 11.4. The molecule has 6 nitrogen and oxygen atoms in total. The molecule has 0 radical (unpaired) electrons. The highest BCUT2D eigenvalue weighted by atomic mass is 16.2. The average molecular weight is 278 g/mol. The Bertz CT molecular complexity index is 463. The molecular formula is C14H18N2O4. The number of piperidine rings is 1. The molecular weight excluding hydrogens is 260 g/mol. The minimum Gasteiger partial charge on any atom is -0.308 e. The number of carbonyl (C=O) groups excluding carboxylic acids is 4. The van der Waals surface area contributed by atoms with E-state index in [0.29, 0.717) is 12.8 Å². The van der Waals surface area contributed by atoms with Crippen molar-refractivity contribution in [2.24, 2.45) is 17.8 Å². The number of rotatable bonds is 3. The Labute approximate surface area is 116 Å². The molecule has 2 rings (SSSR count). The van der Waals surface area contributed by atoms with Crippen molar-refractivity contribution in [3.05, 3.63) is 0 Å². The Kier molecular flexibility index (Phi) is 4.11. The quantitative estimate of drug-likeness (QED) is 0.449. The van der Waals surface area contributed by atoms with Crippen LogP contribution in [0.2, 0.25) is 0 Å². The van der Waals surface area contributed by atoms with Crippen LogP contribution in [0.15, 0.2) is 0 Å².